The lowest BCUT2D eigenvalue weighted by Crippen LogP contribution is -2.66. The summed E-state index contributed by atoms with van der Waals surface area (Å²) in [5.41, 5.74) is -1.52. The number of fused-ring (bicyclic) bond motifs is 2. The molecule has 4 N–H and O–H groups in total. The Bertz CT molecular complexity index is 392. The van der Waals surface area contributed by atoms with Gasteiger partial charge in [-0.2, -0.15) is 13.2 Å². The van der Waals surface area contributed by atoms with E-state index in [1.54, 1.807) is 0 Å². The first-order valence-corrected chi connectivity index (χ1v) is 5.81. The molecule has 5 unspecified atom stereocenters. The van der Waals surface area contributed by atoms with Crippen LogP contribution in [0.4, 0.5) is 13.2 Å². The molecular formula is C10H14F3NO6. The Hall–Kier alpha value is -0.940. The lowest BCUT2D eigenvalue weighted by molar-refractivity contribution is -0.234. The number of aliphatic hydroxyl groups is 3. The number of aliphatic hydroxyl groups excluding tert-OH is 3. The summed E-state index contributed by atoms with van der Waals surface area (Å²) in [4.78, 5) is 11.2. The van der Waals surface area contributed by atoms with Crippen molar-refractivity contribution in [3.05, 3.63) is 0 Å². The summed E-state index contributed by atoms with van der Waals surface area (Å²) in [6.45, 7) is -0.872. The van der Waals surface area contributed by atoms with Crippen LogP contribution in [0.2, 0.25) is 0 Å². The zero-order chi connectivity index (χ0) is 15.1. The summed E-state index contributed by atoms with van der Waals surface area (Å²) < 4.78 is 46.4. The van der Waals surface area contributed by atoms with Crippen LogP contribution in [0.25, 0.3) is 0 Å². The van der Waals surface area contributed by atoms with Crippen molar-refractivity contribution in [1.29, 1.82) is 0 Å². The number of carbonyl (C=O) groups is 1. The second-order valence-corrected chi connectivity index (χ2v) is 4.84. The van der Waals surface area contributed by atoms with Gasteiger partial charge in [-0.15, -0.1) is 0 Å². The van der Waals surface area contributed by atoms with E-state index in [4.69, 9.17) is 14.6 Å². The first kappa shape index (κ1) is 15.4. The molecule has 0 spiro atoms. The van der Waals surface area contributed by atoms with Crippen LogP contribution in [0, 0.1) is 0 Å². The normalized spacial score (nSPS) is 40.7. The molecule has 0 aromatic rings. The molecule has 116 valence electrons. The van der Waals surface area contributed by atoms with Crippen molar-refractivity contribution in [2.45, 2.75) is 42.7 Å². The van der Waals surface area contributed by atoms with Gasteiger partial charge in [0, 0.05) is 0 Å². The van der Waals surface area contributed by atoms with Gasteiger partial charge in [0.15, 0.2) is 6.29 Å². The number of alkyl halides is 3. The van der Waals surface area contributed by atoms with E-state index in [1.807, 2.05) is 5.32 Å². The second kappa shape index (κ2) is 5.11. The van der Waals surface area contributed by atoms with E-state index in [2.05, 4.69) is 0 Å². The quantitative estimate of drug-likeness (QED) is 0.493. The van der Waals surface area contributed by atoms with Gasteiger partial charge in [0.25, 0.3) is 0 Å². The Balaban J connectivity index is 2.05. The number of amides is 1. The highest BCUT2D eigenvalue weighted by atomic mass is 19.4. The molecule has 5 atom stereocenters. The number of hydrogen-bond acceptors (Lipinski definition) is 6. The molecule has 2 bridgehead atoms. The molecular weight excluding hydrogens is 287 g/mol. The first-order chi connectivity index (χ1) is 9.18. The van der Waals surface area contributed by atoms with Crippen LogP contribution in [-0.2, 0) is 14.3 Å². The third-order valence-corrected chi connectivity index (χ3v) is 3.32. The summed E-state index contributed by atoms with van der Waals surface area (Å²) in [5.74, 6) is -1.37. The van der Waals surface area contributed by atoms with E-state index in [0.29, 0.717) is 0 Å². The van der Waals surface area contributed by atoms with Gasteiger partial charge in [0.05, 0.1) is 13.2 Å². The van der Waals surface area contributed by atoms with Gasteiger partial charge in [-0.05, 0) is 0 Å². The van der Waals surface area contributed by atoms with E-state index in [-0.39, 0.29) is 6.61 Å². The molecule has 2 saturated heterocycles. The maximum Gasteiger partial charge on any atom is 0.397 e. The van der Waals surface area contributed by atoms with Crippen molar-refractivity contribution in [3.63, 3.8) is 0 Å². The summed E-state index contributed by atoms with van der Waals surface area (Å²) in [6, 6.07) is -1.35. The van der Waals surface area contributed by atoms with E-state index in [9.17, 15) is 28.2 Å². The van der Waals surface area contributed by atoms with E-state index in [1.165, 1.54) is 0 Å². The molecule has 2 aliphatic heterocycles. The summed E-state index contributed by atoms with van der Waals surface area (Å²) in [7, 11) is 0. The fraction of sp³-hybridized carbons (Fsp3) is 0.900. The molecule has 2 rings (SSSR count). The van der Waals surface area contributed by atoms with Crippen molar-refractivity contribution in [3.8, 4) is 0 Å². The van der Waals surface area contributed by atoms with Gasteiger partial charge in [0.2, 0.25) is 5.91 Å². The number of rotatable bonds is 3. The Kier molecular flexibility index (Phi) is 3.95. The van der Waals surface area contributed by atoms with Crippen molar-refractivity contribution >= 4 is 5.91 Å². The topological polar surface area (TPSA) is 108 Å². The summed E-state index contributed by atoms with van der Waals surface area (Å²) in [5, 5.41) is 30.8. The third kappa shape index (κ3) is 2.74. The molecule has 1 amide bonds. The zero-order valence-electron chi connectivity index (χ0n) is 10.1. The highest BCUT2D eigenvalue weighted by molar-refractivity contribution is 5.77. The minimum atomic E-state index is -4.69. The van der Waals surface area contributed by atoms with Gasteiger partial charge in [0.1, 0.15) is 30.3 Å². The molecule has 0 aromatic carbocycles. The van der Waals surface area contributed by atoms with E-state index < -0.39 is 55.3 Å². The fourth-order valence-electron chi connectivity index (χ4n) is 2.27. The molecule has 2 fully saturated rings. The van der Waals surface area contributed by atoms with E-state index >= 15 is 0 Å². The monoisotopic (exact) mass is 301 g/mol. The average molecular weight is 301 g/mol. The Labute approximate surface area is 111 Å². The van der Waals surface area contributed by atoms with Crippen LogP contribution in [-0.4, -0.2) is 70.8 Å². The van der Waals surface area contributed by atoms with Crippen LogP contribution in [0.5, 0.6) is 0 Å². The minimum absolute atomic E-state index is 0.238. The molecule has 0 aliphatic carbocycles. The summed E-state index contributed by atoms with van der Waals surface area (Å²) >= 11 is 0. The molecule has 20 heavy (non-hydrogen) atoms. The van der Waals surface area contributed by atoms with Gasteiger partial charge in [-0.25, -0.2) is 0 Å². The third-order valence-electron chi connectivity index (χ3n) is 3.32. The Morgan fingerprint density at radius 2 is 2.05 bits per heavy atom. The molecule has 0 radical (unpaired) electrons. The molecule has 0 aromatic heterocycles. The van der Waals surface area contributed by atoms with Crippen molar-refractivity contribution in [2.24, 2.45) is 0 Å². The van der Waals surface area contributed by atoms with Crippen molar-refractivity contribution < 1.29 is 42.8 Å². The Morgan fingerprint density at radius 1 is 1.40 bits per heavy atom. The van der Waals surface area contributed by atoms with Gasteiger partial charge >= 0.3 is 6.18 Å². The average Bonchev–Trinajstić information content (AvgIpc) is 2.73. The van der Waals surface area contributed by atoms with E-state index in [0.717, 1.165) is 0 Å². The number of nitrogens with one attached hydrogen (secondary N) is 1. The zero-order valence-corrected chi connectivity index (χ0v) is 10.1. The number of hydrogen-bond donors (Lipinski definition) is 4. The number of ether oxygens (including phenoxy) is 2. The van der Waals surface area contributed by atoms with Crippen molar-refractivity contribution in [2.75, 3.05) is 13.2 Å². The molecule has 2 aliphatic rings. The lowest BCUT2D eigenvalue weighted by atomic mass is 9.88. The lowest BCUT2D eigenvalue weighted by Gasteiger charge is -2.42. The fourth-order valence-corrected chi connectivity index (χ4v) is 2.27. The van der Waals surface area contributed by atoms with Crippen LogP contribution < -0.4 is 5.32 Å². The molecule has 2 heterocycles. The molecule has 7 nitrogen and oxygen atoms in total. The smallest absolute Gasteiger partial charge is 0.393 e. The second-order valence-electron chi connectivity index (χ2n) is 4.84. The molecule has 0 saturated carbocycles. The minimum Gasteiger partial charge on any atom is -0.393 e. The highest BCUT2D eigenvalue weighted by Crippen LogP contribution is 2.36. The van der Waals surface area contributed by atoms with Crippen molar-refractivity contribution in [1.82, 2.24) is 5.32 Å². The predicted octanol–water partition coefficient (Wildman–Crippen LogP) is -1.74. The van der Waals surface area contributed by atoms with Crippen LogP contribution >= 0.6 is 0 Å². The highest BCUT2D eigenvalue weighted by Gasteiger charge is 2.59. The van der Waals surface area contributed by atoms with Crippen LogP contribution in [0.1, 0.15) is 6.42 Å². The number of halogens is 3. The summed E-state index contributed by atoms with van der Waals surface area (Å²) in [6.07, 6.45) is -10.8. The SMILES string of the molecule is O=C(CC(F)(F)F)NC1C2OCC(CO)(O2)C(O)C1O. The largest absolute Gasteiger partial charge is 0.397 e. The first-order valence-electron chi connectivity index (χ1n) is 5.81. The molecule has 10 heteroatoms. The predicted molar refractivity (Wildman–Crippen MR) is 55.3 cm³/mol. The standard InChI is InChI=1S/C10H14F3NO6/c11-10(12,13)1-4(16)14-5-6(17)7(18)9(2-15)3-19-8(5)20-9/h5-8,15,17-18H,1-3H2,(H,14,16). The van der Waals surface area contributed by atoms with Gasteiger partial charge in [-0.3, -0.25) is 4.79 Å². The van der Waals surface area contributed by atoms with Gasteiger partial charge < -0.3 is 30.1 Å². The number of carbonyl (C=O) groups excluding carboxylic acids is 1. The van der Waals surface area contributed by atoms with Gasteiger partial charge in [-0.1, -0.05) is 0 Å². The maximum absolute atomic E-state index is 12.1. The maximum atomic E-state index is 12.1. The Morgan fingerprint density at radius 3 is 2.60 bits per heavy atom. The van der Waals surface area contributed by atoms with Crippen LogP contribution in [0.3, 0.4) is 0 Å². The van der Waals surface area contributed by atoms with Crippen LogP contribution in [0.15, 0.2) is 0 Å².